The van der Waals surface area contributed by atoms with Crippen LogP contribution >= 0.6 is 0 Å². The van der Waals surface area contributed by atoms with Crippen LogP contribution < -0.4 is 0 Å². The molecule has 2 N–H and O–H groups in total. The molecule has 0 aromatic heterocycles. The van der Waals surface area contributed by atoms with Crippen LogP contribution in [0.1, 0.15) is 20.8 Å². The summed E-state index contributed by atoms with van der Waals surface area (Å²) in [5.41, 5.74) is 0.137. The van der Waals surface area contributed by atoms with Crippen LogP contribution in [0.3, 0.4) is 0 Å². The molecule has 0 spiro atoms. The van der Waals surface area contributed by atoms with E-state index in [9.17, 15) is 0 Å². The van der Waals surface area contributed by atoms with Gasteiger partial charge in [-0.2, -0.15) is 0 Å². The first kappa shape index (κ1) is 11.9. The van der Waals surface area contributed by atoms with Crippen molar-refractivity contribution >= 4 is 7.32 Å². The largest absolute Gasteiger partial charge is 0.633 e. The minimum absolute atomic E-state index is 0.137. The molecule has 0 aromatic rings. The molecule has 0 aliphatic rings. The third kappa shape index (κ3) is 9.90. The van der Waals surface area contributed by atoms with Crippen LogP contribution in [0.2, 0.25) is 0 Å². The van der Waals surface area contributed by atoms with Crippen molar-refractivity contribution in [1.29, 1.82) is 0 Å². The molecule has 0 unspecified atom stereocenters. The molecule has 0 heterocycles. The van der Waals surface area contributed by atoms with Crippen LogP contribution in [-0.4, -0.2) is 37.2 Å². The van der Waals surface area contributed by atoms with Gasteiger partial charge in [0.15, 0.2) is 0 Å². The summed E-state index contributed by atoms with van der Waals surface area (Å²) in [5.74, 6) is 0. The van der Waals surface area contributed by atoms with Crippen molar-refractivity contribution in [3.63, 3.8) is 0 Å². The fraction of sp³-hybridized carbons (Fsp3) is 1.00. The fourth-order valence-corrected chi connectivity index (χ4v) is 0.591. The summed E-state index contributed by atoms with van der Waals surface area (Å²) in [5, 5.41) is 16.6. The maximum Gasteiger partial charge on any atom is 0.633 e. The Bertz CT molecular complexity index is 110. The van der Waals surface area contributed by atoms with E-state index in [2.05, 4.69) is 25.4 Å². The van der Waals surface area contributed by atoms with Crippen molar-refractivity contribution in [3.05, 3.63) is 0 Å². The lowest BCUT2D eigenvalue weighted by Crippen LogP contribution is -2.22. The molecule has 0 amide bonds. The summed E-state index contributed by atoms with van der Waals surface area (Å²) >= 11 is 0. The third-order valence-corrected chi connectivity index (χ3v) is 1.03. The van der Waals surface area contributed by atoms with Gasteiger partial charge in [-0.05, 0) is 5.41 Å². The van der Waals surface area contributed by atoms with E-state index >= 15 is 0 Å². The van der Waals surface area contributed by atoms with E-state index in [0.717, 1.165) is 0 Å². The second-order valence-electron chi connectivity index (χ2n) is 3.81. The minimum Gasteiger partial charge on any atom is -0.402 e. The molecule has 5 heteroatoms. The van der Waals surface area contributed by atoms with Crippen molar-refractivity contribution in [2.75, 3.05) is 19.8 Å². The van der Waals surface area contributed by atoms with E-state index in [1.54, 1.807) is 0 Å². The number of hydrogen-bond donors (Lipinski definition) is 2. The van der Waals surface area contributed by atoms with E-state index in [0.29, 0.717) is 13.2 Å². The van der Waals surface area contributed by atoms with Gasteiger partial charge in [0.2, 0.25) is 0 Å². The molecule has 0 rings (SSSR count). The van der Waals surface area contributed by atoms with Crippen molar-refractivity contribution in [3.8, 4) is 0 Å². The molecule has 4 nitrogen and oxygen atoms in total. The highest BCUT2D eigenvalue weighted by atomic mass is 16.6. The van der Waals surface area contributed by atoms with Gasteiger partial charge in [-0.15, -0.1) is 0 Å². The molecular formula is C7H17BO4. The van der Waals surface area contributed by atoms with Gasteiger partial charge in [0.1, 0.15) is 0 Å². The van der Waals surface area contributed by atoms with Crippen LogP contribution in [-0.2, 0) is 9.39 Å². The Kier molecular flexibility index (Phi) is 5.49. The fourth-order valence-electron chi connectivity index (χ4n) is 0.591. The SMILES string of the molecule is CC(C)(C)COCCOB(O)O. The zero-order valence-electron chi connectivity index (χ0n) is 7.91. The number of rotatable bonds is 5. The standard InChI is InChI=1S/C7H17BO4/c1-7(2,3)6-11-4-5-12-8(9)10/h9-10H,4-6H2,1-3H3. The Morgan fingerprint density at radius 2 is 1.75 bits per heavy atom. The molecule has 0 bridgehead atoms. The summed E-state index contributed by atoms with van der Waals surface area (Å²) in [4.78, 5) is 0. The van der Waals surface area contributed by atoms with E-state index in [1.165, 1.54) is 0 Å². The molecule has 0 radical (unpaired) electrons. The first-order valence-corrected chi connectivity index (χ1v) is 3.97. The van der Waals surface area contributed by atoms with Crippen LogP contribution in [0.15, 0.2) is 0 Å². The summed E-state index contributed by atoms with van der Waals surface area (Å²) in [6.07, 6.45) is 0. The molecule has 0 atom stereocenters. The zero-order valence-corrected chi connectivity index (χ0v) is 7.91. The quantitative estimate of drug-likeness (QED) is 0.458. The first-order chi connectivity index (χ1) is 5.42. The topological polar surface area (TPSA) is 58.9 Å². The van der Waals surface area contributed by atoms with Crippen molar-refractivity contribution in [2.24, 2.45) is 5.41 Å². The average molecular weight is 176 g/mol. The molecule has 0 aliphatic carbocycles. The maximum atomic E-state index is 8.29. The molecule has 0 fully saturated rings. The monoisotopic (exact) mass is 176 g/mol. The van der Waals surface area contributed by atoms with Crippen LogP contribution in [0.4, 0.5) is 0 Å². The second kappa shape index (κ2) is 5.53. The summed E-state index contributed by atoms with van der Waals surface area (Å²) < 4.78 is 9.64. The molecule has 0 saturated carbocycles. The van der Waals surface area contributed by atoms with Crippen LogP contribution in [0, 0.1) is 5.41 Å². The highest BCUT2D eigenvalue weighted by molar-refractivity contribution is 6.32. The highest BCUT2D eigenvalue weighted by Crippen LogP contribution is 2.12. The average Bonchev–Trinajstić information content (AvgIpc) is 1.83. The Morgan fingerprint density at radius 3 is 2.17 bits per heavy atom. The number of ether oxygens (including phenoxy) is 1. The van der Waals surface area contributed by atoms with Gasteiger partial charge in [0.25, 0.3) is 0 Å². The van der Waals surface area contributed by atoms with Gasteiger partial charge in [0.05, 0.1) is 19.8 Å². The lowest BCUT2D eigenvalue weighted by Gasteiger charge is -2.17. The maximum absolute atomic E-state index is 8.29. The Labute approximate surface area is 73.7 Å². The van der Waals surface area contributed by atoms with Gasteiger partial charge in [-0.25, -0.2) is 0 Å². The van der Waals surface area contributed by atoms with Crippen molar-refractivity contribution in [2.45, 2.75) is 20.8 Å². The molecule has 72 valence electrons. The van der Waals surface area contributed by atoms with E-state index in [1.807, 2.05) is 0 Å². The third-order valence-electron chi connectivity index (χ3n) is 1.03. The van der Waals surface area contributed by atoms with Gasteiger partial charge < -0.3 is 19.4 Å². The second-order valence-corrected chi connectivity index (χ2v) is 3.81. The van der Waals surface area contributed by atoms with Crippen LogP contribution in [0.5, 0.6) is 0 Å². The first-order valence-electron chi connectivity index (χ1n) is 3.97. The molecule has 0 saturated heterocycles. The minimum atomic E-state index is -1.69. The molecular weight excluding hydrogens is 159 g/mol. The predicted molar refractivity (Wildman–Crippen MR) is 46.4 cm³/mol. The predicted octanol–water partition coefficient (Wildman–Crippen LogP) is 0.0352. The van der Waals surface area contributed by atoms with Gasteiger partial charge in [-0.3, -0.25) is 0 Å². The van der Waals surface area contributed by atoms with E-state index in [-0.39, 0.29) is 12.0 Å². The summed E-state index contributed by atoms with van der Waals surface area (Å²) in [7, 11) is -1.69. The Balaban J connectivity index is 3.12. The van der Waals surface area contributed by atoms with Crippen molar-refractivity contribution in [1.82, 2.24) is 0 Å². The number of hydrogen-bond acceptors (Lipinski definition) is 4. The van der Waals surface area contributed by atoms with E-state index < -0.39 is 7.32 Å². The normalized spacial score (nSPS) is 11.8. The van der Waals surface area contributed by atoms with Gasteiger partial charge in [0, 0.05) is 0 Å². The van der Waals surface area contributed by atoms with E-state index in [4.69, 9.17) is 14.8 Å². The molecule has 0 aliphatic heterocycles. The Morgan fingerprint density at radius 1 is 1.17 bits per heavy atom. The Hall–Kier alpha value is -0.0951. The van der Waals surface area contributed by atoms with Gasteiger partial charge >= 0.3 is 7.32 Å². The van der Waals surface area contributed by atoms with Gasteiger partial charge in [-0.1, -0.05) is 20.8 Å². The summed E-state index contributed by atoms with van der Waals surface area (Å²) in [6, 6.07) is 0. The molecule has 0 aromatic carbocycles. The highest BCUT2D eigenvalue weighted by Gasteiger charge is 2.11. The smallest absolute Gasteiger partial charge is 0.402 e. The van der Waals surface area contributed by atoms with Crippen LogP contribution in [0.25, 0.3) is 0 Å². The lowest BCUT2D eigenvalue weighted by molar-refractivity contribution is 0.0407. The zero-order chi connectivity index (χ0) is 9.61. The molecule has 12 heavy (non-hydrogen) atoms. The summed E-state index contributed by atoms with van der Waals surface area (Å²) in [6.45, 7) is 7.42. The lowest BCUT2D eigenvalue weighted by atomic mass is 9.99. The van der Waals surface area contributed by atoms with Crippen molar-refractivity contribution < 1.29 is 19.4 Å².